The minimum atomic E-state index is -0.295. The van der Waals surface area contributed by atoms with E-state index in [1.807, 2.05) is 13.0 Å². The van der Waals surface area contributed by atoms with E-state index in [0.717, 1.165) is 36.1 Å². The van der Waals surface area contributed by atoms with E-state index in [-0.39, 0.29) is 5.54 Å². The van der Waals surface area contributed by atoms with Crippen molar-refractivity contribution < 1.29 is 9.84 Å². The van der Waals surface area contributed by atoms with Gasteiger partial charge in [0.2, 0.25) is 0 Å². The Kier molecular flexibility index (Phi) is 2.35. The molecular weight excluding hydrogens is 190 g/mol. The lowest BCUT2D eigenvalue weighted by Crippen LogP contribution is -2.43. The highest BCUT2D eigenvalue weighted by Crippen LogP contribution is 2.44. The molecule has 3 heteroatoms. The van der Waals surface area contributed by atoms with Crippen molar-refractivity contribution in [3.8, 4) is 11.5 Å². The normalized spacial score (nSPS) is 18.3. The molecule has 1 fully saturated rings. The minimum Gasteiger partial charge on any atom is -0.508 e. The first-order valence-corrected chi connectivity index (χ1v) is 5.24. The van der Waals surface area contributed by atoms with E-state index in [0.29, 0.717) is 5.75 Å². The third-order valence-electron chi connectivity index (χ3n) is 3.30. The molecule has 0 aromatic heterocycles. The predicted molar refractivity (Wildman–Crippen MR) is 59.1 cm³/mol. The van der Waals surface area contributed by atoms with Crippen LogP contribution in [0, 0.1) is 6.92 Å². The molecule has 0 bridgehead atoms. The van der Waals surface area contributed by atoms with Gasteiger partial charge in [-0.05, 0) is 43.9 Å². The number of ether oxygens (including phenoxy) is 1. The molecule has 3 nitrogen and oxygen atoms in total. The van der Waals surface area contributed by atoms with Gasteiger partial charge in [0, 0.05) is 11.1 Å². The molecule has 0 spiro atoms. The van der Waals surface area contributed by atoms with Crippen molar-refractivity contribution in [2.24, 2.45) is 5.73 Å². The van der Waals surface area contributed by atoms with Gasteiger partial charge in [0.05, 0.1) is 7.11 Å². The summed E-state index contributed by atoms with van der Waals surface area (Å²) in [7, 11) is 1.64. The van der Waals surface area contributed by atoms with Crippen LogP contribution in [-0.4, -0.2) is 12.2 Å². The summed E-state index contributed by atoms with van der Waals surface area (Å²) in [5.41, 5.74) is 7.68. The zero-order chi connectivity index (χ0) is 11.1. The molecule has 0 aliphatic heterocycles. The second kappa shape index (κ2) is 3.42. The number of phenolic OH excluding ortho intramolecular Hbond substituents is 1. The first kappa shape index (κ1) is 10.3. The van der Waals surface area contributed by atoms with E-state index in [1.54, 1.807) is 13.2 Å². The molecule has 1 aliphatic carbocycles. The fourth-order valence-electron chi connectivity index (χ4n) is 2.06. The molecule has 3 N–H and O–H groups in total. The Morgan fingerprint density at radius 1 is 1.40 bits per heavy atom. The third-order valence-corrected chi connectivity index (χ3v) is 3.30. The van der Waals surface area contributed by atoms with Crippen molar-refractivity contribution in [3.63, 3.8) is 0 Å². The molecule has 0 heterocycles. The predicted octanol–water partition coefficient (Wildman–Crippen LogP) is 2.05. The largest absolute Gasteiger partial charge is 0.508 e. The molecular formula is C12H17NO2. The number of aromatic hydroxyl groups is 1. The number of phenols is 1. The number of methoxy groups -OCH3 is 1. The maximum absolute atomic E-state index is 9.69. The maximum Gasteiger partial charge on any atom is 0.124 e. The number of benzene rings is 1. The summed E-state index contributed by atoms with van der Waals surface area (Å²) < 4.78 is 5.31. The van der Waals surface area contributed by atoms with Crippen LogP contribution >= 0.6 is 0 Å². The van der Waals surface area contributed by atoms with Crippen molar-refractivity contribution in [1.82, 2.24) is 0 Å². The van der Waals surface area contributed by atoms with Crippen molar-refractivity contribution in [3.05, 3.63) is 23.3 Å². The number of aryl methyl sites for hydroxylation is 1. The van der Waals surface area contributed by atoms with Crippen LogP contribution in [0.2, 0.25) is 0 Å². The van der Waals surface area contributed by atoms with E-state index in [4.69, 9.17) is 10.5 Å². The number of hydrogen-bond donors (Lipinski definition) is 2. The first-order chi connectivity index (χ1) is 7.07. The lowest BCUT2D eigenvalue weighted by atomic mass is 9.72. The minimum absolute atomic E-state index is 0.294. The molecule has 0 radical (unpaired) electrons. The van der Waals surface area contributed by atoms with Crippen LogP contribution in [0.15, 0.2) is 12.1 Å². The average Bonchev–Trinajstić information content (AvgIpc) is 2.18. The Morgan fingerprint density at radius 2 is 2.07 bits per heavy atom. The van der Waals surface area contributed by atoms with Crippen LogP contribution in [0.5, 0.6) is 11.5 Å². The van der Waals surface area contributed by atoms with Gasteiger partial charge in [-0.1, -0.05) is 0 Å². The average molecular weight is 207 g/mol. The second-order valence-corrected chi connectivity index (χ2v) is 4.35. The van der Waals surface area contributed by atoms with Crippen molar-refractivity contribution in [2.45, 2.75) is 31.7 Å². The van der Waals surface area contributed by atoms with Gasteiger partial charge in [-0.15, -0.1) is 0 Å². The summed E-state index contributed by atoms with van der Waals surface area (Å²) in [5.74, 6) is 1.08. The summed E-state index contributed by atoms with van der Waals surface area (Å²) in [6, 6.07) is 3.59. The van der Waals surface area contributed by atoms with Gasteiger partial charge in [-0.3, -0.25) is 0 Å². The Balaban J connectivity index is 2.49. The van der Waals surface area contributed by atoms with E-state index in [2.05, 4.69) is 0 Å². The maximum atomic E-state index is 9.69. The topological polar surface area (TPSA) is 55.5 Å². The molecule has 1 aromatic rings. The van der Waals surface area contributed by atoms with Crippen molar-refractivity contribution in [1.29, 1.82) is 0 Å². The smallest absolute Gasteiger partial charge is 0.124 e. The van der Waals surface area contributed by atoms with Gasteiger partial charge in [0.25, 0.3) is 0 Å². The van der Waals surface area contributed by atoms with E-state index < -0.39 is 0 Å². The van der Waals surface area contributed by atoms with Gasteiger partial charge in [-0.2, -0.15) is 0 Å². The van der Waals surface area contributed by atoms with Gasteiger partial charge in [-0.25, -0.2) is 0 Å². The third kappa shape index (κ3) is 1.57. The molecule has 15 heavy (non-hydrogen) atoms. The zero-order valence-corrected chi connectivity index (χ0v) is 9.21. The Morgan fingerprint density at radius 3 is 2.53 bits per heavy atom. The van der Waals surface area contributed by atoms with Gasteiger partial charge in [0.15, 0.2) is 0 Å². The molecule has 1 saturated carbocycles. The highest BCUT2D eigenvalue weighted by Gasteiger charge is 2.37. The Bertz CT molecular complexity index is 383. The Hall–Kier alpha value is -1.22. The van der Waals surface area contributed by atoms with Gasteiger partial charge >= 0.3 is 0 Å². The molecule has 0 atom stereocenters. The van der Waals surface area contributed by atoms with Crippen LogP contribution in [-0.2, 0) is 5.54 Å². The summed E-state index contributed by atoms with van der Waals surface area (Å²) in [4.78, 5) is 0. The number of rotatable bonds is 2. The van der Waals surface area contributed by atoms with Gasteiger partial charge in [0.1, 0.15) is 11.5 Å². The number of nitrogens with two attached hydrogens (primary N) is 1. The van der Waals surface area contributed by atoms with E-state index >= 15 is 0 Å². The van der Waals surface area contributed by atoms with Crippen molar-refractivity contribution >= 4 is 0 Å². The second-order valence-electron chi connectivity index (χ2n) is 4.35. The van der Waals surface area contributed by atoms with Crippen LogP contribution in [0.3, 0.4) is 0 Å². The summed E-state index contributed by atoms with van der Waals surface area (Å²) in [5, 5.41) is 9.69. The highest BCUT2D eigenvalue weighted by atomic mass is 16.5. The van der Waals surface area contributed by atoms with Crippen LogP contribution in [0.1, 0.15) is 30.4 Å². The monoisotopic (exact) mass is 207 g/mol. The van der Waals surface area contributed by atoms with Crippen LogP contribution in [0.4, 0.5) is 0 Å². The fourth-order valence-corrected chi connectivity index (χ4v) is 2.06. The molecule has 82 valence electrons. The zero-order valence-electron chi connectivity index (χ0n) is 9.21. The SMILES string of the molecule is COc1cc(C)c(O)cc1C1(N)CCC1. The molecule has 1 aliphatic rings. The molecule has 0 saturated heterocycles. The molecule has 1 aromatic carbocycles. The summed E-state index contributed by atoms with van der Waals surface area (Å²) >= 11 is 0. The summed E-state index contributed by atoms with van der Waals surface area (Å²) in [6.45, 7) is 1.85. The van der Waals surface area contributed by atoms with Crippen molar-refractivity contribution in [2.75, 3.05) is 7.11 Å². The molecule has 2 rings (SSSR count). The molecule has 0 unspecified atom stereocenters. The quantitative estimate of drug-likeness (QED) is 0.780. The lowest BCUT2D eigenvalue weighted by Gasteiger charge is -2.39. The standard InChI is InChI=1S/C12H17NO2/c1-8-6-11(15-2)9(7-10(8)14)12(13)4-3-5-12/h6-7,14H,3-5,13H2,1-2H3. The Labute approximate surface area is 89.9 Å². The highest BCUT2D eigenvalue weighted by molar-refractivity contribution is 5.49. The van der Waals surface area contributed by atoms with E-state index in [1.165, 1.54) is 0 Å². The van der Waals surface area contributed by atoms with Crippen LogP contribution in [0.25, 0.3) is 0 Å². The first-order valence-electron chi connectivity index (χ1n) is 5.24. The van der Waals surface area contributed by atoms with Crippen LogP contribution < -0.4 is 10.5 Å². The number of hydrogen-bond acceptors (Lipinski definition) is 3. The fraction of sp³-hybridized carbons (Fsp3) is 0.500. The lowest BCUT2D eigenvalue weighted by molar-refractivity contribution is 0.243. The van der Waals surface area contributed by atoms with E-state index in [9.17, 15) is 5.11 Å². The summed E-state index contributed by atoms with van der Waals surface area (Å²) in [6.07, 6.45) is 3.08. The molecule has 0 amide bonds. The van der Waals surface area contributed by atoms with Gasteiger partial charge < -0.3 is 15.6 Å².